The van der Waals surface area contributed by atoms with Crippen LogP contribution in [-0.4, -0.2) is 16.1 Å². The quantitative estimate of drug-likeness (QED) is 0.933. The molecule has 1 heterocycles. The van der Waals surface area contributed by atoms with Crippen molar-refractivity contribution in [3.63, 3.8) is 0 Å². The van der Waals surface area contributed by atoms with E-state index in [1.165, 1.54) is 23.5 Å². The van der Waals surface area contributed by atoms with Crippen LogP contribution in [-0.2, 0) is 11.2 Å². The highest BCUT2D eigenvalue weighted by atomic mass is 35.5. The summed E-state index contributed by atoms with van der Waals surface area (Å²) in [6, 6.07) is 4.40. The molecular weight excluding hydrogens is 277 g/mol. The van der Waals surface area contributed by atoms with Crippen molar-refractivity contribution in [2.45, 2.75) is 12.8 Å². The van der Waals surface area contributed by atoms with E-state index in [-0.39, 0.29) is 11.4 Å². The van der Waals surface area contributed by atoms with E-state index >= 15 is 0 Å². The topological polar surface area (TPSA) is 50.2 Å². The molecule has 0 aliphatic carbocycles. The van der Waals surface area contributed by atoms with Gasteiger partial charge in [-0.25, -0.2) is 9.37 Å². The number of aromatic nitrogens is 1. The van der Waals surface area contributed by atoms with Gasteiger partial charge in [0, 0.05) is 17.4 Å². The molecule has 0 aliphatic heterocycles. The van der Waals surface area contributed by atoms with Crippen LogP contribution in [0, 0.1) is 5.82 Å². The van der Waals surface area contributed by atoms with Crippen molar-refractivity contribution in [3.05, 3.63) is 40.1 Å². The van der Waals surface area contributed by atoms with Gasteiger partial charge in [0.2, 0.25) is 0 Å². The Hall–Kier alpha value is -1.46. The average molecular weight is 286 g/mol. The van der Waals surface area contributed by atoms with Gasteiger partial charge in [0.15, 0.2) is 0 Å². The van der Waals surface area contributed by atoms with E-state index in [0.29, 0.717) is 11.4 Å². The largest absolute Gasteiger partial charge is 0.481 e. The number of carboxylic acid groups (broad SMARTS) is 1. The Labute approximate surface area is 112 Å². The Morgan fingerprint density at radius 2 is 2.28 bits per heavy atom. The number of nitrogens with zero attached hydrogens (tertiary/aromatic N) is 1. The highest BCUT2D eigenvalue weighted by Gasteiger charge is 2.08. The molecule has 0 fully saturated rings. The summed E-state index contributed by atoms with van der Waals surface area (Å²) < 4.78 is 13.0. The molecule has 0 radical (unpaired) electrons. The van der Waals surface area contributed by atoms with Crippen LogP contribution in [0.3, 0.4) is 0 Å². The fraction of sp³-hybridized carbons (Fsp3) is 0.167. The molecule has 1 aromatic heterocycles. The normalized spacial score (nSPS) is 10.6. The fourth-order valence-corrected chi connectivity index (χ4v) is 2.45. The molecule has 0 atom stereocenters. The van der Waals surface area contributed by atoms with Crippen LogP contribution in [0.4, 0.5) is 4.39 Å². The Morgan fingerprint density at radius 1 is 1.50 bits per heavy atom. The van der Waals surface area contributed by atoms with Crippen molar-refractivity contribution < 1.29 is 14.3 Å². The number of thiazole rings is 1. The summed E-state index contributed by atoms with van der Waals surface area (Å²) in [5.74, 6) is -1.32. The third kappa shape index (κ3) is 3.05. The number of aliphatic carboxylic acids is 1. The monoisotopic (exact) mass is 285 g/mol. The lowest BCUT2D eigenvalue weighted by Gasteiger charge is -1.98. The van der Waals surface area contributed by atoms with Crippen molar-refractivity contribution in [2.75, 3.05) is 0 Å². The number of carboxylic acids is 1. The molecule has 1 N–H and O–H groups in total. The van der Waals surface area contributed by atoms with Gasteiger partial charge in [-0.3, -0.25) is 4.79 Å². The third-order valence-electron chi connectivity index (χ3n) is 2.31. The first-order valence-corrected chi connectivity index (χ1v) is 6.43. The Balaban J connectivity index is 2.18. The second-order valence-corrected chi connectivity index (χ2v) is 4.93. The molecule has 2 aromatic rings. The summed E-state index contributed by atoms with van der Waals surface area (Å²) in [4.78, 5) is 14.7. The SMILES string of the molecule is O=C(O)CCc1csc(-c2ccc(F)c(Cl)c2)n1. The molecule has 2 rings (SSSR count). The second kappa shape index (κ2) is 5.46. The molecular formula is C12H9ClFNO2S. The first kappa shape index (κ1) is 13.0. The molecule has 0 spiro atoms. The zero-order valence-corrected chi connectivity index (χ0v) is 10.8. The van der Waals surface area contributed by atoms with E-state index in [0.717, 1.165) is 11.3 Å². The predicted octanol–water partition coefficient (Wildman–Crippen LogP) is 3.62. The van der Waals surface area contributed by atoms with Crippen LogP contribution in [0.15, 0.2) is 23.6 Å². The first-order valence-electron chi connectivity index (χ1n) is 5.18. The molecule has 0 saturated heterocycles. The number of rotatable bonds is 4. The molecule has 3 nitrogen and oxygen atoms in total. The van der Waals surface area contributed by atoms with E-state index < -0.39 is 11.8 Å². The molecule has 94 valence electrons. The number of hydrogen-bond donors (Lipinski definition) is 1. The molecule has 0 bridgehead atoms. The zero-order chi connectivity index (χ0) is 13.1. The van der Waals surface area contributed by atoms with Gasteiger partial charge in [-0.1, -0.05) is 11.6 Å². The van der Waals surface area contributed by atoms with Gasteiger partial charge in [0.1, 0.15) is 10.8 Å². The highest BCUT2D eigenvalue weighted by molar-refractivity contribution is 7.13. The van der Waals surface area contributed by atoms with E-state index in [1.54, 1.807) is 11.4 Å². The van der Waals surface area contributed by atoms with Crippen molar-refractivity contribution in [1.82, 2.24) is 4.98 Å². The molecule has 0 saturated carbocycles. The lowest BCUT2D eigenvalue weighted by Crippen LogP contribution is -1.97. The predicted molar refractivity (Wildman–Crippen MR) is 68.5 cm³/mol. The van der Waals surface area contributed by atoms with Gasteiger partial charge in [-0.05, 0) is 18.2 Å². The Bertz CT molecular complexity index is 585. The molecule has 0 aliphatic rings. The average Bonchev–Trinajstić information content (AvgIpc) is 2.79. The van der Waals surface area contributed by atoms with E-state index in [2.05, 4.69) is 4.98 Å². The summed E-state index contributed by atoms with van der Waals surface area (Å²) in [6.07, 6.45) is 0.439. The van der Waals surface area contributed by atoms with Crippen LogP contribution >= 0.6 is 22.9 Å². The summed E-state index contributed by atoms with van der Waals surface area (Å²) in [6.45, 7) is 0. The fourth-order valence-electron chi connectivity index (χ4n) is 1.42. The van der Waals surface area contributed by atoms with Gasteiger partial charge in [0.05, 0.1) is 17.1 Å². The van der Waals surface area contributed by atoms with Crippen LogP contribution in [0.25, 0.3) is 10.6 Å². The lowest BCUT2D eigenvalue weighted by atomic mass is 10.2. The van der Waals surface area contributed by atoms with Gasteiger partial charge in [-0.2, -0.15) is 0 Å². The number of carbonyl (C=O) groups is 1. The number of aryl methyl sites for hydroxylation is 1. The van der Waals surface area contributed by atoms with E-state index in [4.69, 9.17) is 16.7 Å². The summed E-state index contributed by atoms with van der Waals surface area (Å²) in [7, 11) is 0. The molecule has 18 heavy (non-hydrogen) atoms. The zero-order valence-electron chi connectivity index (χ0n) is 9.19. The van der Waals surface area contributed by atoms with Gasteiger partial charge < -0.3 is 5.11 Å². The summed E-state index contributed by atoms with van der Waals surface area (Å²) in [5.41, 5.74) is 1.45. The molecule has 0 amide bonds. The smallest absolute Gasteiger partial charge is 0.303 e. The van der Waals surface area contributed by atoms with Crippen LogP contribution in [0.1, 0.15) is 12.1 Å². The van der Waals surface area contributed by atoms with Crippen molar-refractivity contribution in [1.29, 1.82) is 0 Å². The maximum atomic E-state index is 13.0. The number of hydrogen-bond acceptors (Lipinski definition) is 3. The molecule has 0 unspecified atom stereocenters. The maximum Gasteiger partial charge on any atom is 0.303 e. The minimum atomic E-state index is -0.852. The molecule has 1 aromatic carbocycles. The van der Waals surface area contributed by atoms with Crippen molar-refractivity contribution in [2.24, 2.45) is 0 Å². The third-order valence-corrected chi connectivity index (χ3v) is 3.54. The maximum absolute atomic E-state index is 13.0. The van der Waals surface area contributed by atoms with Gasteiger partial charge >= 0.3 is 5.97 Å². The minimum absolute atomic E-state index is 0.0490. The van der Waals surface area contributed by atoms with Crippen molar-refractivity contribution in [3.8, 4) is 10.6 Å². The second-order valence-electron chi connectivity index (χ2n) is 3.67. The number of benzene rings is 1. The van der Waals surface area contributed by atoms with Crippen LogP contribution < -0.4 is 0 Å². The van der Waals surface area contributed by atoms with Crippen LogP contribution in [0.2, 0.25) is 5.02 Å². The number of halogens is 2. The lowest BCUT2D eigenvalue weighted by molar-refractivity contribution is -0.136. The first-order chi connectivity index (χ1) is 8.56. The molecule has 6 heteroatoms. The Morgan fingerprint density at radius 3 is 2.94 bits per heavy atom. The highest BCUT2D eigenvalue weighted by Crippen LogP contribution is 2.27. The van der Waals surface area contributed by atoms with Crippen LogP contribution in [0.5, 0.6) is 0 Å². The summed E-state index contributed by atoms with van der Waals surface area (Å²) >= 11 is 7.08. The minimum Gasteiger partial charge on any atom is -0.481 e. The van der Waals surface area contributed by atoms with E-state index in [1.807, 2.05) is 0 Å². The summed E-state index contributed by atoms with van der Waals surface area (Å²) in [5, 5.41) is 11.1. The van der Waals surface area contributed by atoms with E-state index in [9.17, 15) is 9.18 Å². The standard InChI is InChI=1S/C12H9ClFNO2S/c13-9-5-7(1-3-10(9)14)12-15-8(6-18-12)2-4-11(16)17/h1,3,5-6H,2,4H2,(H,16,17). The van der Waals surface area contributed by atoms with Crippen molar-refractivity contribution >= 4 is 28.9 Å². The Kier molecular flexibility index (Phi) is 3.93. The van der Waals surface area contributed by atoms with Gasteiger partial charge in [-0.15, -0.1) is 11.3 Å². The van der Waals surface area contributed by atoms with Gasteiger partial charge in [0.25, 0.3) is 0 Å².